The summed E-state index contributed by atoms with van der Waals surface area (Å²) >= 11 is 0. The maximum atomic E-state index is 4.17. The van der Waals surface area contributed by atoms with Crippen LogP contribution in [-0.4, -0.2) is 19.9 Å². The van der Waals surface area contributed by atoms with Crippen LogP contribution in [-0.2, 0) is 0 Å². The second-order valence-corrected chi connectivity index (χ2v) is 4.10. The Morgan fingerprint density at radius 3 is 1.17 bits per heavy atom. The molecule has 0 radical (unpaired) electrons. The molecule has 6 nitrogen and oxygen atoms in total. The largest absolute Gasteiger partial charge is 0.269 e. The lowest BCUT2D eigenvalue weighted by atomic mass is 10.4. The number of aryl methyl sites for hydroxylation is 4. The van der Waals surface area contributed by atoms with E-state index in [2.05, 4.69) is 30.2 Å². The quantitative estimate of drug-likeness (QED) is 0.758. The van der Waals surface area contributed by atoms with Crippen molar-refractivity contribution in [3.05, 3.63) is 34.9 Å². The SMILES string of the molecule is Cc1cc(C)nc(/N=N/c2nc(C)cc(C)n2)n1. The minimum atomic E-state index is 0.329. The molecule has 0 aliphatic heterocycles. The molecule has 0 atom stereocenters. The number of hydrogen-bond acceptors (Lipinski definition) is 6. The van der Waals surface area contributed by atoms with Gasteiger partial charge in [-0.15, -0.1) is 10.2 Å². The molecule has 92 valence electrons. The van der Waals surface area contributed by atoms with Crippen LogP contribution < -0.4 is 0 Å². The molecule has 0 spiro atoms. The fourth-order valence-corrected chi connectivity index (χ4v) is 1.59. The summed E-state index contributed by atoms with van der Waals surface area (Å²) in [5, 5.41) is 7.92. The monoisotopic (exact) mass is 242 g/mol. The zero-order chi connectivity index (χ0) is 13.1. The van der Waals surface area contributed by atoms with Gasteiger partial charge in [0.15, 0.2) is 0 Å². The van der Waals surface area contributed by atoms with Crippen molar-refractivity contribution in [3.8, 4) is 0 Å². The van der Waals surface area contributed by atoms with Crippen LogP contribution >= 0.6 is 0 Å². The van der Waals surface area contributed by atoms with E-state index in [9.17, 15) is 0 Å². The number of rotatable bonds is 2. The Hall–Kier alpha value is -2.24. The number of aromatic nitrogens is 4. The lowest BCUT2D eigenvalue weighted by Gasteiger charge is -1.98. The van der Waals surface area contributed by atoms with Crippen molar-refractivity contribution in [2.75, 3.05) is 0 Å². The zero-order valence-electron chi connectivity index (χ0n) is 10.8. The summed E-state index contributed by atoms with van der Waals surface area (Å²) in [6.45, 7) is 7.56. The summed E-state index contributed by atoms with van der Waals surface area (Å²) in [6, 6.07) is 3.76. The Morgan fingerprint density at radius 2 is 0.889 bits per heavy atom. The van der Waals surface area contributed by atoms with E-state index in [0.29, 0.717) is 11.9 Å². The minimum absolute atomic E-state index is 0.329. The van der Waals surface area contributed by atoms with Gasteiger partial charge >= 0.3 is 0 Å². The molecule has 0 saturated carbocycles. The highest BCUT2D eigenvalue weighted by molar-refractivity contribution is 5.23. The molecule has 0 fully saturated rings. The molecule has 2 aromatic rings. The van der Waals surface area contributed by atoms with Gasteiger partial charge in [0.25, 0.3) is 11.9 Å². The highest BCUT2D eigenvalue weighted by Crippen LogP contribution is 2.12. The van der Waals surface area contributed by atoms with Crippen molar-refractivity contribution in [1.29, 1.82) is 0 Å². The predicted molar refractivity (Wildman–Crippen MR) is 67.2 cm³/mol. The molecule has 2 aromatic heterocycles. The van der Waals surface area contributed by atoms with E-state index in [1.54, 1.807) is 0 Å². The Bertz CT molecular complexity index is 512. The van der Waals surface area contributed by atoms with E-state index in [1.807, 2.05) is 39.8 Å². The van der Waals surface area contributed by atoms with Gasteiger partial charge in [-0.2, -0.15) is 0 Å². The molecule has 18 heavy (non-hydrogen) atoms. The Morgan fingerprint density at radius 1 is 0.611 bits per heavy atom. The van der Waals surface area contributed by atoms with Crippen LogP contribution in [0.5, 0.6) is 0 Å². The molecular weight excluding hydrogens is 228 g/mol. The molecule has 0 aliphatic carbocycles. The topological polar surface area (TPSA) is 76.3 Å². The van der Waals surface area contributed by atoms with Gasteiger partial charge in [0.05, 0.1) is 0 Å². The Labute approximate surface area is 105 Å². The highest BCUT2D eigenvalue weighted by Gasteiger charge is 2.00. The fourth-order valence-electron chi connectivity index (χ4n) is 1.59. The van der Waals surface area contributed by atoms with Gasteiger partial charge in [-0.3, -0.25) is 0 Å². The number of hydrogen-bond donors (Lipinski definition) is 0. The molecule has 0 aliphatic rings. The van der Waals surface area contributed by atoms with Gasteiger partial charge in [0, 0.05) is 22.8 Å². The molecular formula is C12H14N6. The second-order valence-electron chi connectivity index (χ2n) is 4.10. The molecule has 0 amide bonds. The smallest absolute Gasteiger partial charge is 0.215 e. The van der Waals surface area contributed by atoms with Gasteiger partial charge in [-0.1, -0.05) is 0 Å². The van der Waals surface area contributed by atoms with E-state index in [1.165, 1.54) is 0 Å². The summed E-state index contributed by atoms with van der Waals surface area (Å²) < 4.78 is 0. The van der Waals surface area contributed by atoms with Crippen molar-refractivity contribution < 1.29 is 0 Å². The van der Waals surface area contributed by atoms with Gasteiger partial charge < -0.3 is 0 Å². The maximum Gasteiger partial charge on any atom is 0.269 e. The predicted octanol–water partition coefficient (Wildman–Crippen LogP) is 2.92. The lowest BCUT2D eigenvalue weighted by Crippen LogP contribution is -1.90. The molecule has 2 rings (SSSR count). The van der Waals surface area contributed by atoms with E-state index >= 15 is 0 Å². The van der Waals surface area contributed by atoms with E-state index in [-0.39, 0.29) is 0 Å². The molecule has 6 heteroatoms. The standard InChI is InChI=1S/C12H14N6/c1-7-5-8(2)14-11(13-7)17-18-12-15-9(3)6-10(4)16-12/h5-6H,1-4H3/b18-17+. The molecule has 0 N–H and O–H groups in total. The van der Waals surface area contributed by atoms with Crippen LogP contribution in [0.1, 0.15) is 22.8 Å². The summed E-state index contributed by atoms with van der Waals surface area (Å²) in [5.74, 6) is 0.658. The Balaban J connectivity index is 2.29. The second kappa shape index (κ2) is 4.95. The summed E-state index contributed by atoms with van der Waals surface area (Å²) in [7, 11) is 0. The van der Waals surface area contributed by atoms with Crippen LogP contribution in [0.15, 0.2) is 22.4 Å². The first-order valence-corrected chi connectivity index (χ1v) is 5.59. The summed E-state index contributed by atoms with van der Waals surface area (Å²) in [6.07, 6.45) is 0. The minimum Gasteiger partial charge on any atom is -0.215 e. The first-order valence-electron chi connectivity index (χ1n) is 5.59. The van der Waals surface area contributed by atoms with Gasteiger partial charge in [0.1, 0.15) is 0 Å². The van der Waals surface area contributed by atoms with Gasteiger partial charge in [0.2, 0.25) is 0 Å². The van der Waals surface area contributed by atoms with Crippen molar-refractivity contribution in [2.45, 2.75) is 27.7 Å². The normalized spacial score (nSPS) is 11.1. The summed E-state index contributed by atoms with van der Waals surface area (Å²) in [5.41, 5.74) is 3.44. The highest BCUT2D eigenvalue weighted by atomic mass is 15.3. The Kier molecular flexibility index (Phi) is 3.36. The van der Waals surface area contributed by atoms with Crippen LogP contribution in [0.25, 0.3) is 0 Å². The zero-order valence-corrected chi connectivity index (χ0v) is 10.8. The molecule has 0 aromatic carbocycles. The van der Waals surface area contributed by atoms with E-state index in [4.69, 9.17) is 0 Å². The van der Waals surface area contributed by atoms with Crippen LogP contribution in [0.3, 0.4) is 0 Å². The molecule has 0 bridgehead atoms. The third-order valence-electron chi connectivity index (χ3n) is 2.17. The third kappa shape index (κ3) is 3.13. The average molecular weight is 242 g/mol. The molecule has 0 saturated heterocycles. The fraction of sp³-hybridized carbons (Fsp3) is 0.333. The maximum absolute atomic E-state index is 4.17. The van der Waals surface area contributed by atoms with Crippen LogP contribution in [0, 0.1) is 27.7 Å². The van der Waals surface area contributed by atoms with Crippen molar-refractivity contribution >= 4 is 11.9 Å². The van der Waals surface area contributed by atoms with Crippen LogP contribution in [0.2, 0.25) is 0 Å². The molecule has 2 heterocycles. The number of nitrogens with zero attached hydrogens (tertiary/aromatic N) is 6. The van der Waals surface area contributed by atoms with Gasteiger partial charge in [-0.25, -0.2) is 19.9 Å². The van der Waals surface area contributed by atoms with E-state index in [0.717, 1.165) is 22.8 Å². The first kappa shape index (κ1) is 12.2. The van der Waals surface area contributed by atoms with E-state index < -0.39 is 0 Å². The van der Waals surface area contributed by atoms with Crippen molar-refractivity contribution in [3.63, 3.8) is 0 Å². The first-order chi connectivity index (χ1) is 8.52. The van der Waals surface area contributed by atoms with Crippen LogP contribution in [0.4, 0.5) is 11.9 Å². The molecule has 0 unspecified atom stereocenters. The van der Waals surface area contributed by atoms with Gasteiger partial charge in [-0.05, 0) is 39.8 Å². The third-order valence-corrected chi connectivity index (χ3v) is 2.17. The van der Waals surface area contributed by atoms with Crippen molar-refractivity contribution in [1.82, 2.24) is 19.9 Å². The van der Waals surface area contributed by atoms with Crippen molar-refractivity contribution in [2.24, 2.45) is 10.2 Å². The summed E-state index contributed by atoms with van der Waals surface area (Å²) in [4.78, 5) is 16.7. The lowest BCUT2D eigenvalue weighted by molar-refractivity contribution is 0.960. The number of azo groups is 1. The average Bonchev–Trinajstić information content (AvgIpc) is 2.23.